The van der Waals surface area contributed by atoms with Crippen molar-refractivity contribution < 1.29 is 19.4 Å². The molecule has 6 heteroatoms. The number of aliphatic carboxylic acids is 1. The van der Waals surface area contributed by atoms with Crippen LogP contribution < -0.4 is 10.6 Å². The lowest BCUT2D eigenvalue weighted by molar-refractivity contribution is -0.149. The van der Waals surface area contributed by atoms with Gasteiger partial charge in [0, 0.05) is 19.1 Å². The fraction of sp³-hybridized carbons (Fsp3) is 0.833. The largest absolute Gasteiger partial charge is 0.481 e. The van der Waals surface area contributed by atoms with Gasteiger partial charge in [-0.25, -0.2) is 0 Å². The Morgan fingerprint density at radius 2 is 2.28 bits per heavy atom. The summed E-state index contributed by atoms with van der Waals surface area (Å²) in [5.41, 5.74) is -0.849. The predicted octanol–water partition coefficient (Wildman–Crippen LogP) is -0.266. The maximum absolute atomic E-state index is 12.0. The number of carbonyl (C=O) groups is 2. The summed E-state index contributed by atoms with van der Waals surface area (Å²) in [6.07, 6.45) is 1.65. The third kappa shape index (κ3) is 2.49. The molecule has 1 amide bonds. The van der Waals surface area contributed by atoms with Crippen LogP contribution in [0.2, 0.25) is 0 Å². The molecule has 102 valence electrons. The molecule has 3 unspecified atom stereocenters. The van der Waals surface area contributed by atoms with Gasteiger partial charge >= 0.3 is 5.97 Å². The molecule has 2 aliphatic rings. The van der Waals surface area contributed by atoms with E-state index in [2.05, 4.69) is 10.6 Å². The Hall–Kier alpha value is -1.14. The Kier molecular flexibility index (Phi) is 3.87. The van der Waals surface area contributed by atoms with Crippen LogP contribution in [0.25, 0.3) is 0 Å². The van der Waals surface area contributed by atoms with E-state index in [0.29, 0.717) is 26.0 Å². The molecular formula is C12H20N2O4. The molecule has 2 fully saturated rings. The van der Waals surface area contributed by atoms with Crippen molar-refractivity contribution in [1.82, 2.24) is 10.6 Å². The third-order valence-electron chi connectivity index (χ3n) is 3.98. The van der Waals surface area contributed by atoms with Gasteiger partial charge in [0.1, 0.15) is 6.10 Å². The first-order valence-corrected chi connectivity index (χ1v) is 6.40. The molecule has 1 saturated heterocycles. The lowest BCUT2D eigenvalue weighted by Crippen LogP contribution is -2.54. The van der Waals surface area contributed by atoms with Crippen molar-refractivity contribution in [2.45, 2.75) is 38.3 Å². The van der Waals surface area contributed by atoms with Gasteiger partial charge in [-0.15, -0.1) is 0 Å². The van der Waals surface area contributed by atoms with Gasteiger partial charge in [0.2, 0.25) is 0 Å². The Bertz CT molecular complexity index is 341. The second kappa shape index (κ2) is 5.24. The molecule has 18 heavy (non-hydrogen) atoms. The normalized spacial score (nSPS) is 36.3. The monoisotopic (exact) mass is 256 g/mol. The van der Waals surface area contributed by atoms with E-state index in [1.165, 1.54) is 0 Å². The van der Waals surface area contributed by atoms with Crippen LogP contribution in [0.1, 0.15) is 26.2 Å². The number of carboxylic acids is 1. The highest BCUT2D eigenvalue weighted by molar-refractivity contribution is 5.83. The van der Waals surface area contributed by atoms with E-state index in [-0.39, 0.29) is 11.9 Å². The quantitative estimate of drug-likeness (QED) is 0.647. The van der Waals surface area contributed by atoms with E-state index in [4.69, 9.17) is 4.74 Å². The lowest BCUT2D eigenvalue weighted by atomic mass is 9.85. The van der Waals surface area contributed by atoms with Gasteiger partial charge in [-0.05, 0) is 19.8 Å². The van der Waals surface area contributed by atoms with E-state index in [0.717, 1.165) is 13.0 Å². The number of carboxylic acid groups (broad SMARTS) is 1. The molecule has 3 N–H and O–H groups in total. The second-order valence-corrected chi connectivity index (χ2v) is 5.24. The van der Waals surface area contributed by atoms with Gasteiger partial charge in [0.05, 0.1) is 12.0 Å². The fourth-order valence-corrected chi connectivity index (χ4v) is 2.65. The summed E-state index contributed by atoms with van der Waals surface area (Å²) in [6.45, 7) is 3.45. The average molecular weight is 256 g/mol. The van der Waals surface area contributed by atoms with Crippen LogP contribution in [-0.2, 0) is 14.3 Å². The number of hydrogen-bond acceptors (Lipinski definition) is 4. The summed E-state index contributed by atoms with van der Waals surface area (Å²) in [7, 11) is 0. The summed E-state index contributed by atoms with van der Waals surface area (Å²) < 4.78 is 5.36. The molecule has 2 rings (SSSR count). The predicted molar refractivity (Wildman–Crippen MR) is 64.1 cm³/mol. The fourth-order valence-electron chi connectivity index (χ4n) is 2.65. The molecule has 6 nitrogen and oxygen atoms in total. The SMILES string of the molecule is CC1(C(=O)O)CCCC1NC(=O)C1CNCCO1. The van der Waals surface area contributed by atoms with Gasteiger partial charge in [-0.1, -0.05) is 6.42 Å². The number of nitrogens with one attached hydrogen (secondary N) is 2. The summed E-state index contributed by atoms with van der Waals surface area (Å²) in [4.78, 5) is 23.3. The second-order valence-electron chi connectivity index (χ2n) is 5.24. The lowest BCUT2D eigenvalue weighted by Gasteiger charge is -2.30. The molecule has 0 spiro atoms. The van der Waals surface area contributed by atoms with Gasteiger partial charge < -0.3 is 20.5 Å². The van der Waals surface area contributed by atoms with Gasteiger partial charge in [0.15, 0.2) is 0 Å². The Labute approximate surface area is 106 Å². The van der Waals surface area contributed by atoms with E-state index >= 15 is 0 Å². The van der Waals surface area contributed by atoms with Crippen molar-refractivity contribution in [3.05, 3.63) is 0 Å². The number of carbonyl (C=O) groups excluding carboxylic acids is 1. The molecule has 1 heterocycles. The van der Waals surface area contributed by atoms with Crippen molar-refractivity contribution in [2.75, 3.05) is 19.7 Å². The number of morpholine rings is 1. The number of ether oxygens (including phenoxy) is 1. The standard InChI is InChI=1S/C12H20N2O4/c1-12(11(16)17)4-2-3-9(12)14-10(15)8-7-13-5-6-18-8/h8-9,13H,2-7H2,1H3,(H,14,15)(H,16,17). The smallest absolute Gasteiger partial charge is 0.311 e. The first-order chi connectivity index (χ1) is 8.54. The van der Waals surface area contributed by atoms with Crippen LogP contribution in [0.15, 0.2) is 0 Å². The zero-order valence-electron chi connectivity index (χ0n) is 10.6. The molecule has 1 saturated carbocycles. The minimum atomic E-state index is -0.849. The highest BCUT2D eigenvalue weighted by atomic mass is 16.5. The Morgan fingerprint density at radius 1 is 1.50 bits per heavy atom. The molecule has 0 aromatic rings. The Morgan fingerprint density at radius 3 is 2.89 bits per heavy atom. The highest BCUT2D eigenvalue weighted by Crippen LogP contribution is 2.38. The Balaban J connectivity index is 1.95. The molecule has 0 bridgehead atoms. The van der Waals surface area contributed by atoms with Crippen LogP contribution in [0.5, 0.6) is 0 Å². The van der Waals surface area contributed by atoms with Crippen LogP contribution in [0.4, 0.5) is 0 Å². The average Bonchev–Trinajstić information content (AvgIpc) is 2.73. The number of hydrogen-bond donors (Lipinski definition) is 3. The number of amides is 1. The third-order valence-corrected chi connectivity index (χ3v) is 3.98. The van der Waals surface area contributed by atoms with E-state index in [1.54, 1.807) is 6.92 Å². The van der Waals surface area contributed by atoms with Crippen LogP contribution in [0.3, 0.4) is 0 Å². The summed E-state index contributed by atoms with van der Waals surface area (Å²) in [5, 5.41) is 15.2. The van der Waals surface area contributed by atoms with Crippen molar-refractivity contribution in [3.63, 3.8) is 0 Å². The summed E-state index contributed by atoms with van der Waals surface area (Å²) in [5.74, 6) is -1.05. The van der Waals surface area contributed by atoms with Crippen molar-refractivity contribution in [3.8, 4) is 0 Å². The molecular weight excluding hydrogens is 236 g/mol. The minimum Gasteiger partial charge on any atom is -0.481 e. The van der Waals surface area contributed by atoms with Gasteiger partial charge in [-0.3, -0.25) is 9.59 Å². The summed E-state index contributed by atoms with van der Waals surface area (Å²) >= 11 is 0. The van der Waals surface area contributed by atoms with Crippen molar-refractivity contribution in [1.29, 1.82) is 0 Å². The van der Waals surface area contributed by atoms with Gasteiger partial charge in [0.25, 0.3) is 5.91 Å². The van der Waals surface area contributed by atoms with Crippen LogP contribution in [-0.4, -0.2) is 48.8 Å². The first kappa shape index (κ1) is 13.3. The highest BCUT2D eigenvalue weighted by Gasteiger charge is 2.46. The first-order valence-electron chi connectivity index (χ1n) is 6.40. The van der Waals surface area contributed by atoms with E-state index < -0.39 is 17.5 Å². The van der Waals surface area contributed by atoms with E-state index in [9.17, 15) is 14.7 Å². The van der Waals surface area contributed by atoms with Gasteiger partial charge in [-0.2, -0.15) is 0 Å². The maximum Gasteiger partial charge on any atom is 0.311 e. The molecule has 1 aliphatic carbocycles. The molecule has 3 atom stereocenters. The number of rotatable bonds is 3. The molecule has 0 radical (unpaired) electrons. The maximum atomic E-state index is 12.0. The molecule has 1 aliphatic heterocycles. The van der Waals surface area contributed by atoms with Crippen molar-refractivity contribution >= 4 is 11.9 Å². The minimum absolute atomic E-state index is 0.207. The molecule has 0 aromatic carbocycles. The van der Waals surface area contributed by atoms with Crippen LogP contribution in [0, 0.1) is 5.41 Å². The zero-order valence-corrected chi connectivity index (χ0v) is 10.6. The van der Waals surface area contributed by atoms with Crippen LogP contribution >= 0.6 is 0 Å². The van der Waals surface area contributed by atoms with Crippen molar-refractivity contribution in [2.24, 2.45) is 5.41 Å². The molecule has 0 aromatic heterocycles. The van der Waals surface area contributed by atoms with E-state index in [1.807, 2.05) is 0 Å². The zero-order chi connectivity index (χ0) is 13.2. The topological polar surface area (TPSA) is 87.7 Å². The summed E-state index contributed by atoms with van der Waals surface area (Å²) in [6, 6.07) is -0.298.